The molecule has 0 atom stereocenters. The van der Waals surface area contributed by atoms with Gasteiger partial charge in [-0.1, -0.05) is 26.0 Å². The molecule has 0 aliphatic carbocycles. The maximum Gasteiger partial charge on any atom is 0.161 e. The van der Waals surface area contributed by atoms with E-state index in [2.05, 4.69) is 31.3 Å². The molecule has 0 aliphatic heterocycles. The van der Waals surface area contributed by atoms with Crippen molar-refractivity contribution in [1.29, 1.82) is 0 Å². The summed E-state index contributed by atoms with van der Waals surface area (Å²) in [5.41, 5.74) is 10.1. The molecule has 3 N–H and O–H groups in total. The minimum Gasteiger partial charge on any atom is -0.398 e. The average Bonchev–Trinajstić information content (AvgIpc) is 2.38. The third-order valence-electron chi connectivity index (χ3n) is 3.27. The first-order valence-corrected chi connectivity index (χ1v) is 6.75. The highest BCUT2D eigenvalue weighted by molar-refractivity contribution is 5.99. The lowest BCUT2D eigenvalue weighted by molar-refractivity contribution is 0.101. The summed E-state index contributed by atoms with van der Waals surface area (Å²) < 4.78 is 0. The molecule has 3 heteroatoms. The Balaban J connectivity index is 2.24. The van der Waals surface area contributed by atoms with Gasteiger partial charge in [-0.2, -0.15) is 0 Å². The van der Waals surface area contributed by atoms with Crippen molar-refractivity contribution in [3.05, 3.63) is 53.6 Å². The van der Waals surface area contributed by atoms with Gasteiger partial charge in [0, 0.05) is 22.6 Å². The molecule has 0 spiro atoms. The van der Waals surface area contributed by atoms with Crippen LogP contribution in [0.2, 0.25) is 0 Å². The van der Waals surface area contributed by atoms with Crippen LogP contribution >= 0.6 is 0 Å². The second-order valence-electron chi connectivity index (χ2n) is 5.26. The largest absolute Gasteiger partial charge is 0.398 e. The highest BCUT2D eigenvalue weighted by atomic mass is 16.1. The Bertz CT molecular complexity index is 633. The fraction of sp³-hybridized carbons (Fsp3) is 0.235. The van der Waals surface area contributed by atoms with Crippen LogP contribution < -0.4 is 11.1 Å². The van der Waals surface area contributed by atoms with E-state index in [1.165, 1.54) is 12.5 Å². The van der Waals surface area contributed by atoms with Crippen LogP contribution in [0.1, 0.15) is 42.6 Å². The van der Waals surface area contributed by atoms with Crippen molar-refractivity contribution in [1.82, 2.24) is 0 Å². The summed E-state index contributed by atoms with van der Waals surface area (Å²) in [5.74, 6) is 0.470. The monoisotopic (exact) mass is 268 g/mol. The van der Waals surface area contributed by atoms with Crippen LogP contribution in [0.25, 0.3) is 0 Å². The molecule has 0 amide bonds. The lowest BCUT2D eigenvalue weighted by atomic mass is 10.0. The lowest BCUT2D eigenvalue weighted by Gasteiger charge is -2.11. The molecule has 0 aromatic heterocycles. The van der Waals surface area contributed by atoms with Gasteiger partial charge < -0.3 is 11.1 Å². The quantitative estimate of drug-likeness (QED) is 0.640. The molecule has 0 bridgehead atoms. The van der Waals surface area contributed by atoms with Crippen molar-refractivity contribution < 1.29 is 4.79 Å². The molecule has 0 radical (unpaired) electrons. The Hall–Kier alpha value is -2.29. The molecule has 104 valence electrons. The lowest BCUT2D eigenvalue weighted by Crippen LogP contribution is -2.01. The highest BCUT2D eigenvalue weighted by Crippen LogP contribution is 2.24. The average molecular weight is 268 g/mol. The Labute approximate surface area is 119 Å². The van der Waals surface area contributed by atoms with Crippen LogP contribution in [0.15, 0.2) is 42.5 Å². The minimum atomic E-state index is -0.0177. The molecule has 0 heterocycles. The SMILES string of the molecule is CC(=O)c1ccc(Nc2cccc(C(C)C)c2)cc1N. The molecule has 2 rings (SSSR count). The van der Waals surface area contributed by atoms with E-state index in [4.69, 9.17) is 5.73 Å². The standard InChI is InChI=1S/C17H20N2O/c1-11(2)13-5-4-6-14(9-13)19-15-7-8-16(12(3)20)17(18)10-15/h4-11,19H,18H2,1-3H3. The number of ketones is 1. The van der Waals surface area contributed by atoms with E-state index >= 15 is 0 Å². The Morgan fingerprint density at radius 2 is 1.80 bits per heavy atom. The Kier molecular flexibility index (Phi) is 4.08. The third-order valence-corrected chi connectivity index (χ3v) is 3.27. The summed E-state index contributed by atoms with van der Waals surface area (Å²) in [4.78, 5) is 11.4. The molecule has 0 saturated heterocycles. The molecular weight excluding hydrogens is 248 g/mol. The van der Waals surface area contributed by atoms with Crippen LogP contribution in [0.3, 0.4) is 0 Å². The normalized spacial score (nSPS) is 10.6. The molecule has 20 heavy (non-hydrogen) atoms. The molecule has 2 aromatic carbocycles. The zero-order valence-corrected chi connectivity index (χ0v) is 12.1. The number of carbonyl (C=O) groups is 1. The van der Waals surface area contributed by atoms with E-state index < -0.39 is 0 Å². The van der Waals surface area contributed by atoms with Gasteiger partial charge in [-0.25, -0.2) is 0 Å². The van der Waals surface area contributed by atoms with Gasteiger partial charge in [-0.05, 0) is 48.7 Å². The van der Waals surface area contributed by atoms with Crippen molar-refractivity contribution in [2.45, 2.75) is 26.7 Å². The molecule has 3 nitrogen and oxygen atoms in total. The molecule has 2 aromatic rings. The number of Topliss-reactive ketones (excluding diaryl/α,β-unsaturated/α-hetero) is 1. The van der Waals surface area contributed by atoms with Gasteiger partial charge in [-0.15, -0.1) is 0 Å². The predicted molar refractivity (Wildman–Crippen MR) is 84.7 cm³/mol. The molecule has 0 fully saturated rings. The second kappa shape index (κ2) is 5.78. The first-order valence-electron chi connectivity index (χ1n) is 6.75. The van der Waals surface area contributed by atoms with E-state index in [1.54, 1.807) is 12.1 Å². The van der Waals surface area contributed by atoms with Gasteiger partial charge in [-0.3, -0.25) is 4.79 Å². The van der Waals surface area contributed by atoms with E-state index in [1.807, 2.05) is 18.2 Å². The van der Waals surface area contributed by atoms with Crippen molar-refractivity contribution in [3.8, 4) is 0 Å². The van der Waals surface area contributed by atoms with Gasteiger partial charge in [0.05, 0.1) is 0 Å². The van der Waals surface area contributed by atoms with Crippen molar-refractivity contribution >= 4 is 22.8 Å². The summed E-state index contributed by atoms with van der Waals surface area (Å²) in [6.45, 7) is 5.85. The third kappa shape index (κ3) is 3.18. The molecule has 0 saturated carbocycles. The van der Waals surface area contributed by atoms with Gasteiger partial charge in [0.1, 0.15) is 0 Å². The molecule has 0 aliphatic rings. The van der Waals surface area contributed by atoms with Crippen LogP contribution in [-0.2, 0) is 0 Å². The number of nitrogen functional groups attached to an aromatic ring is 1. The fourth-order valence-electron chi connectivity index (χ4n) is 2.10. The number of nitrogens with one attached hydrogen (secondary N) is 1. The van der Waals surface area contributed by atoms with Crippen LogP contribution in [0, 0.1) is 0 Å². The maximum absolute atomic E-state index is 11.4. The number of carbonyl (C=O) groups excluding carboxylic acids is 1. The van der Waals surface area contributed by atoms with E-state index in [0.717, 1.165) is 11.4 Å². The minimum absolute atomic E-state index is 0.0177. The number of hydrogen-bond acceptors (Lipinski definition) is 3. The summed E-state index contributed by atoms with van der Waals surface area (Å²) in [7, 11) is 0. The number of hydrogen-bond donors (Lipinski definition) is 2. The topological polar surface area (TPSA) is 55.1 Å². The first-order chi connectivity index (χ1) is 9.47. The predicted octanol–water partition coefficient (Wildman–Crippen LogP) is 4.34. The van der Waals surface area contributed by atoms with Crippen molar-refractivity contribution in [2.24, 2.45) is 0 Å². The summed E-state index contributed by atoms with van der Waals surface area (Å²) in [6, 6.07) is 13.7. The van der Waals surface area contributed by atoms with Gasteiger partial charge in [0.2, 0.25) is 0 Å². The maximum atomic E-state index is 11.4. The summed E-state index contributed by atoms with van der Waals surface area (Å²) in [5, 5.41) is 3.31. The van der Waals surface area contributed by atoms with Gasteiger partial charge in [0.15, 0.2) is 5.78 Å². The number of rotatable bonds is 4. The number of nitrogens with two attached hydrogens (primary N) is 1. The second-order valence-corrected chi connectivity index (χ2v) is 5.26. The van der Waals surface area contributed by atoms with Crippen molar-refractivity contribution in [2.75, 3.05) is 11.1 Å². The van der Waals surface area contributed by atoms with E-state index in [-0.39, 0.29) is 5.78 Å². The van der Waals surface area contributed by atoms with Crippen LogP contribution in [0.4, 0.5) is 17.1 Å². The van der Waals surface area contributed by atoms with Gasteiger partial charge >= 0.3 is 0 Å². The number of benzene rings is 2. The van der Waals surface area contributed by atoms with Gasteiger partial charge in [0.25, 0.3) is 0 Å². The number of anilines is 3. The van der Waals surface area contributed by atoms with E-state index in [9.17, 15) is 4.79 Å². The first kappa shape index (κ1) is 14.1. The summed E-state index contributed by atoms with van der Waals surface area (Å²) >= 11 is 0. The molecular formula is C17H20N2O. The zero-order chi connectivity index (χ0) is 14.7. The van der Waals surface area contributed by atoms with Crippen molar-refractivity contribution in [3.63, 3.8) is 0 Å². The van der Waals surface area contributed by atoms with Crippen LogP contribution in [-0.4, -0.2) is 5.78 Å². The highest BCUT2D eigenvalue weighted by Gasteiger charge is 2.06. The fourth-order valence-corrected chi connectivity index (χ4v) is 2.10. The Morgan fingerprint density at radius 1 is 1.10 bits per heavy atom. The van der Waals surface area contributed by atoms with Crippen LogP contribution in [0.5, 0.6) is 0 Å². The Morgan fingerprint density at radius 3 is 2.40 bits per heavy atom. The molecule has 0 unspecified atom stereocenters. The van der Waals surface area contributed by atoms with E-state index in [0.29, 0.717) is 17.2 Å². The smallest absolute Gasteiger partial charge is 0.161 e. The zero-order valence-electron chi connectivity index (χ0n) is 12.1. The summed E-state index contributed by atoms with van der Waals surface area (Å²) in [6.07, 6.45) is 0.